The predicted octanol–water partition coefficient (Wildman–Crippen LogP) is 3.21. The van der Waals surface area contributed by atoms with Crippen LogP contribution in [0.5, 0.6) is 0 Å². The van der Waals surface area contributed by atoms with Gasteiger partial charge in [0.05, 0.1) is 18.6 Å². The Labute approximate surface area is 154 Å². The van der Waals surface area contributed by atoms with E-state index in [1.807, 2.05) is 23.2 Å². The van der Waals surface area contributed by atoms with Gasteiger partial charge in [-0.25, -0.2) is 9.98 Å². The molecular weight excluding hydrogens is 330 g/mol. The molecule has 1 aliphatic rings. The van der Waals surface area contributed by atoms with E-state index in [1.54, 1.807) is 6.20 Å². The van der Waals surface area contributed by atoms with E-state index in [1.165, 1.54) is 24.2 Å². The van der Waals surface area contributed by atoms with E-state index in [-0.39, 0.29) is 0 Å². The number of imidazole rings is 1. The highest BCUT2D eigenvalue weighted by Gasteiger charge is 2.29. The van der Waals surface area contributed by atoms with Crippen LogP contribution in [-0.2, 0) is 6.54 Å². The van der Waals surface area contributed by atoms with Gasteiger partial charge in [0, 0.05) is 30.2 Å². The monoisotopic (exact) mass is 357 g/mol. The van der Waals surface area contributed by atoms with Gasteiger partial charge in [-0.3, -0.25) is 0 Å². The first-order valence-electron chi connectivity index (χ1n) is 8.92. The molecule has 1 saturated heterocycles. The summed E-state index contributed by atoms with van der Waals surface area (Å²) in [5.41, 5.74) is 2.30. The Morgan fingerprint density at radius 3 is 2.96 bits per heavy atom. The Bertz CT molecular complexity index is 690. The summed E-state index contributed by atoms with van der Waals surface area (Å²) in [5.74, 6) is 2.15. The third-order valence-electron chi connectivity index (χ3n) is 4.46. The van der Waals surface area contributed by atoms with E-state index in [0.29, 0.717) is 11.3 Å². The second kappa shape index (κ2) is 8.43. The van der Waals surface area contributed by atoms with E-state index in [2.05, 4.69) is 59.4 Å². The maximum Gasteiger partial charge on any atom is 0.191 e. The zero-order valence-corrected chi connectivity index (χ0v) is 15.9. The SMILES string of the molecule is CCNC(=NCc1ccccc1-n1ccnc1)NCC1(C)CCCS1. The fourth-order valence-corrected chi connectivity index (χ4v) is 4.30. The molecule has 0 amide bonds. The number of aromatic nitrogens is 2. The molecule has 0 radical (unpaired) electrons. The van der Waals surface area contributed by atoms with Crippen LogP contribution in [-0.4, -0.2) is 39.1 Å². The van der Waals surface area contributed by atoms with Gasteiger partial charge < -0.3 is 15.2 Å². The summed E-state index contributed by atoms with van der Waals surface area (Å²) < 4.78 is 2.35. The van der Waals surface area contributed by atoms with E-state index in [0.717, 1.165) is 24.7 Å². The van der Waals surface area contributed by atoms with E-state index >= 15 is 0 Å². The summed E-state index contributed by atoms with van der Waals surface area (Å²) >= 11 is 2.06. The minimum atomic E-state index is 0.324. The topological polar surface area (TPSA) is 54.2 Å². The van der Waals surface area contributed by atoms with E-state index < -0.39 is 0 Å². The van der Waals surface area contributed by atoms with Gasteiger partial charge in [0.1, 0.15) is 0 Å². The Hall–Kier alpha value is -1.95. The predicted molar refractivity (Wildman–Crippen MR) is 106 cm³/mol. The van der Waals surface area contributed by atoms with Crippen molar-refractivity contribution in [3.8, 4) is 5.69 Å². The zero-order valence-electron chi connectivity index (χ0n) is 15.0. The van der Waals surface area contributed by atoms with Crippen molar-refractivity contribution in [2.24, 2.45) is 4.99 Å². The molecule has 1 aromatic heterocycles. The molecule has 2 heterocycles. The summed E-state index contributed by atoms with van der Waals surface area (Å²) in [6.07, 6.45) is 8.17. The normalized spacial score (nSPS) is 20.6. The lowest BCUT2D eigenvalue weighted by Crippen LogP contribution is -2.43. The third kappa shape index (κ3) is 4.78. The average Bonchev–Trinajstić information content (AvgIpc) is 3.30. The van der Waals surface area contributed by atoms with Crippen LogP contribution in [0.2, 0.25) is 0 Å². The molecule has 25 heavy (non-hydrogen) atoms. The van der Waals surface area contributed by atoms with E-state index in [4.69, 9.17) is 4.99 Å². The number of benzene rings is 1. The van der Waals surface area contributed by atoms with Gasteiger partial charge in [0.25, 0.3) is 0 Å². The van der Waals surface area contributed by atoms with Gasteiger partial charge in [-0.15, -0.1) is 0 Å². The lowest BCUT2D eigenvalue weighted by molar-refractivity contribution is 0.584. The number of para-hydroxylation sites is 1. The van der Waals surface area contributed by atoms with Gasteiger partial charge in [-0.1, -0.05) is 18.2 Å². The van der Waals surface area contributed by atoms with Crippen LogP contribution in [0.4, 0.5) is 0 Å². The van der Waals surface area contributed by atoms with Crippen LogP contribution < -0.4 is 10.6 Å². The first-order valence-corrected chi connectivity index (χ1v) is 9.91. The summed E-state index contributed by atoms with van der Waals surface area (Å²) in [5, 5.41) is 6.89. The van der Waals surface area contributed by atoms with Gasteiger partial charge >= 0.3 is 0 Å². The molecule has 0 saturated carbocycles. The maximum atomic E-state index is 4.80. The summed E-state index contributed by atoms with van der Waals surface area (Å²) in [6, 6.07) is 8.33. The second-order valence-corrected chi connectivity index (χ2v) is 8.23. The van der Waals surface area contributed by atoms with Crippen LogP contribution in [0.25, 0.3) is 5.69 Å². The van der Waals surface area contributed by atoms with Crippen LogP contribution in [0.1, 0.15) is 32.3 Å². The number of nitrogens with zero attached hydrogens (tertiary/aromatic N) is 3. The van der Waals surface area contributed by atoms with Crippen molar-refractivity contribution in [1.82, 2.24) is 20.2 Å². The number of thioether (sulfide) groups is 1. The molecule has 134 valence electrons. The highest BCUT2D eigenvalue weighted by molar-refractivity contribution is 8.00. The fraction of sp³-hybridized carbons (Fsp3) is 0.474. The zero-order chi connectivity index (χ0) is 17.5. The molecular formula is C19H27N5S. The van der Waals surface area contributed by atoms with Crippen molar-refractivity contribution in [2.45, 2.75) is 38.0 Å². The number of guanidine groups is 1. The fourth-order valence-electron chi connectivity index (χ4n) is 3.05. The minimum Gasteiger partial charge on any atom is -0.357 e. The highest BCUT2D eigenvalue weighted by atomic mass is 32.2. The minimum absolute atomic E-state index is 0.324. The Morgan fingerprint density at radius 2 is 2.24 bits per heavy atom. The van der Waals surface area contributed by atoms with Crippen molar-refractivity contribution >= 4 is 17.7 Å². The molecule has 1 aromatic carbocycles. The second-order valence-electron chi connectivity index (χ2n) is 6.55. The molecule has 1 atom stereocenters. The number of nitrogens with one attached hydrogen (secondary N) is 2. The molecule has 5 nitrogen and oxygen atoms in total. The molecule has 0 spiro atoms. The average molecular weight is 358 g/mol. The molecule has 6 heteroatoms. The summed E-state index contributed by atoms with van der Waals surface area (Å²) in [4.78, 5) is 8.94. The van der Waals surface area contributed by atoms with Gasteiger partial charge in [-0.2, -0.15) is 11.8 Å². The van der Waals surface area contributed by atoms with Gasteiger partial charge in [0.2, 0.25) is 0 Å². The van der Waals surface area contributed by atoms with Crippen LogP contribution in [0.3, 0.4) is 0 Å². The van der Waals surface area contributed by atoms with Crippen LogP contribution in [0.15, 0.2) is 48.0 Å². The summed E-state index contributed by atoms with van der Waals surface area (Å²) in [6.45, 7) is 6.89. The Morgan fingerprint density at radius 1 is 1.36 bits per heavy atom. The first kappa shape index (κ1) is 17.9. The molecule has 2 aromatic rings. The molecule has 1 unspecified atom stereocenters. The quantitative estimate of drug-likeness (QED) is 0.616. The lowest BCUT2D eigenvalue weighted by Gasteiger charge is -2.24. The smallest absolute Gasteiger partial charge is 0.191 e. The molecule has 2 N–H and O–H groups in total. The standard InChI is InChI=1S/C19H27N5S/c1-3-21-18(23-14-19(2)9-6-12-25-19)22-13-16-7-4-5-8-17(16)24-11-10-20-15-24/h4-5,7-8,10-11,15H,3,6,9,12-14H2,1-2H3,(H2,21,22,23). The maximum absolute atomic E-state index is 4.80. The Balaban J connectivity index is 1.69. The number of rotatable bonds is 6. The molecule has 0 bridgehead atoms. The number of aliphatic imine (C=N–C) groups is 1. The third-order valence-corrected chi connectivity index (χ3v) is 5.99. The lowest BCUT2D eigenvalue weighted by atomic mass is 10.1. The Kier molecular flexibility index (Phi) is 6.02. The number of hydrogen-bond acceptors (Lipinski definition) is 3. The van der Waals surface area contributed by atoms with Gasteiger partial charge in [0.15, 0.2) is 5.96 Å². The first-order chi connectivity index (χ1) is 12.2. The van der Waals surface area contributed by atoms with Crippen molar-refractivity contribution in [2.75, 3.05) is 18.8 Å². The molecule has 3 rings (SSSR count). The van der Waals surface area contributed by atoms with Crippen LogP contribution in [0, 0.1) is 0 Å². The van der Waals surface area contributed by atoms with Crippen LogP contribution >= 0.6 is 11.8 Å². The van der Waals surface area contributed by atoms with Crippen molar-refractivity contribution in [3.63, 3.8) is 0 Å². The number of hydrogen-bond donors (Lipinski definition) is 2. The van der Waals surface area contributed by atoms with Crippen molar-refractivity contribution in [1.29, 1.82) is 0 Å². The summed E-state index contributed by atoms with van der Waals surface area (Å²) in [7, 11) is 0. The van der Waals surface area contributed by atoms with E-state index in [9.17, 15) is 0 Å². The highest BCUT2D eigenvalue weighted by Crippen LogP contribution is 2.36. The molecule has 1 aliphatic heterocycles. The van der Waals surface area contributed by atoms with Gasteiger partial charge in [-0.05, 0) is 44.1 Å². The van der Waals surface area contributed by atoms with Crippen molar-refractivity contribution < 1.29 is 0 Å². The molecule has 1 fully saturated rings. The van der Waals surface area contributed by atoms with Crippen molar-refractivity contribution in [3.05, 3.63) is 48.5 Å². The molecule has 0 aliphatic carbocycles. The largest absolute Gasteiger partial charge is 0.357 e.